The lowest BCUT2D eigenvalue weighted by molar-refractivity contribution is -0.142. The van der Waals surface area contributed by atoms with E-state index in [-0.39, 0.29) is 5.39 Å². The average Bonchev–Trinajstić information content (AvgIpc) is 2.63. The van der Waals surface area contributed by atoms with Gasteiger partial charge in [-0.15, -0.1) is 0 Å². The standard InChI is InChI=1S/C18H15N3O5/c22-14(20-15(17(24)25)11-6-2-1-3-7-11)10-21-16(23)12-8-4-5-9-13(12)19-18(21)26/h1-9,15H,10H2,(H,19,26)(H,20,22)(H,24,25)/t15-/m0/s1. The molecule has 0 spiro atoms. The molecule has 0 aliphatic heterocycles. The van der Waals surface area contributed by atoms with Gasteiger partial charge in [0.15, 0.2) is 6.04 Å². The first-order chi connectivity index (χ1) is 12.5. The largest absolute Gasteiger partial charge is 0.479 e. The summed E-state index contributed by atoms with van der Waals surface area (Å²) >= 11 is 0. The van der Waals surface area contributed by atoms with Crippen LogP contribution in [0.1, 0.15) is 11.6 Å². The van der Waals surface area contributed by atoms with Crippen molar-refractivity contribution in [2.24, 2.45) is 0 Å². The number of amides is 1. The zero-order chi connectivity index (χ0) is 18.7. The van der Waals surface area contributed by atoms with Crippen LogP contribution in [0.3, 0.4) is 0 Å². The minimum absolute atomic E-state index is 0.262. The number of hydrogen-bond acceptors (Lipinski definition) is 4. The number of carbonyl (C=O) groups is 2. The number of aromatic amines is 1. The Morgan fingerprint density at radius 3 is 2.38 bits per heavy atom. The summed E-state index contributed by atoms with van der Waals surface area (Å²) < 4.78 is 0.738. The van der Waals surface area contributed by atoms with Crippen molar-refractivity contribution >= 4 is 22.8 Å². The Bertz CT molecular complexity index is 1090. The summed E-state index contributed by atoms with van der Waals surface area (Å²) in [7, 11) is 0. The molecule has 8 heteroatoms. The van der Waals surface area contributed by atoms with Crippen molar-refractivity contribution in [2.45, 2.75) is 12.6 Å². The van der Waals surface area contributed by atoms with Gasteiger partial charge in [0.05, 0.1) is 10.9 Å². The second kappa shape index (κ2) is 7.06. The predicted molar refractivity (Wildman–Crippen MR) is 93.8 cm³/mol. The average molecular weight is 353 g/mol. The molecule has 0 unspecified atom stereocenters. The van der Waals surface area contributed by atoms with Crippen molar-refractivity contribution in [3.63, 3.8) is 0 Å². The van der Waals surface area contributed by atoms with Gasteiger partial charge < -0.3 is 15.4 Å². The topological polar surface area (TPSA) is 121 Å². The summed E-state index contributed by atoms with van der Waals surface area (Å²) in [4.78, 5) is 50.7. The predicted octanol–water partition coefficient (Wildman–Crippen LogP) is 0.632. The van der Waals surface area contributed by atoms with Gasteiger partial charge >= 0.3 is 11.7 Å². The van der Waals surface area contributed by atoms with Gasteiger partial charge in [0, 0.05) is 0 Å². The molecule has 8 nitrogen and oxygen atoms in total. The molecule has 1 atom stereocenters. The maximum Gasteiger partial charge on any atom is 0.330 e. The zero-order valence-electron chi connectivity index (χ0n) is 13.5. The Kier molecular flexibility index (Phi) is 4.66. The number of nitrogens with zero attached hydrogens (tertiary/aromatic N) is 1. The number of carboxylic acid groups (broad SMARTS) is 1. The fourth-order valence-electron chi connectivity index (χ4n) is 2.63. The Morgan fingerprint density at radius 1 is 1.04 bits per heavy atom. The van der Waals surface area contributed by atoms with E-state index in [0.717, 1.165) is 4.57 Å². The van der Waals surface area contributed by atoms with Gasteiger partial charge in [-0.05, 0) is 17.7 Å². The van der Waals surface area contributed by atoms with E-state index in [2.05, 4.69) is 10.3 Å². The number of para-hydroxylation sites is 1. The second-order valence-electron chi connectivity index (χ2n) is 5.62. The minimum Gasteiger partial charge on any atom is -0.479 e. The molecule has 0 saturated heterocycles. The number of nitrogens with one attached hydrogen (secondary N) is 2. The van der Waals surface area contributed by atoms with Gasteiger partial charge in [-0.1, -0.05) is 42.5 Å². The number of aromatic nitrogens is 2. The number of carboxylic acids is 1. The highest BCUT2D eigenvalue weighted by Crippen LogP contribution is 2.12. The number of benzene rings is 2. The summed E-state index contributed by atoms with van der Waals surface area (Å²) in [5.41, 5.74) is -0.610. The molecule has 0 aliphatic rings. The van der Waals surface area contributed by atoms with Crippen LogP contribution >= 0.6 is 0 Å². The third-order valence-electron chi connectivity index (χ3n) is 3.88. The summed E-state index contributed by atoms with van der Waals surface area (Å²) in [5, 5.41) is 11.9. The van der Waals surface area contributed by atoms with Crippen molar-refractivity contribution < 1.29 is 14.7 Å². The molecule has 0 radical (unpaired) electrons. The first-order valence-electron chi connectivity index (χ1n) is 7.76. The summed E-state index contributed by atoms with van der Waals surface area (Å²) in [6.45, 7) is -0.588. The van der Waals surface area contributed by atoms with Crippen molar-refractivity contribution in [1.82, 2.24) is 14.9 Å². The molecule has 0 aliphatic carbocycles. The van der Waals surface area contributed by atoms with Crippen LogP contribution in [0.5, 0.6) is 0 Å². The molecular formula is C18H15N3O5. The molecular weight excluding hydrogens is 338 g/mol. The normalized spacial score (nSPS) is 11.8. The highest BCUT2D eigenvalue weighted by atomic mass is 16.4. The quantitative estimate of drug-likeness (QED) is 0.621. The number of hydrogen-bond donors (Lipinski definition) is 3. The maximum absolute atomic E-state index is 12.4. The lowest BCUT2D eigenvalue weighted by Crippen LogP contribution is -2.42. The maximum atomic E-state index is 12.4. The van der Waals surface area contributed by atoms with Gasteiger partial charge in [0.2, 0.25) is 5.91 Å². The van der Waals surface area contributed by atoms with Crippen LogP contribution in [0, 0.1) is 0 Å². The minimum atomic E-state index is -1.28. The number of carbonyl (C=O) groups excluding carboxylic acids is 1. The highest BCUT2D eigenvalue weighted by molar-refractivity contribution is 5.84. The first kappa shape index (κ1) is 17.2. The number of aliphatic carboxylic acids is 1. The van der Waals surface area contributed by atoms with E-state index in [9.17, 15) is 24.3 Å². The van der Waals surface area contributed by atoms with Crippen LogP contribution in [0.25, 0.3) is 10.9 Å². The Morgan fingerprint density at radius 2 is 1.69 bits per heavy atom. The monoisotopic (exact) mass is 353 g/mol. The summed E-state index contributed by atoms with van der Waals surface area (Å²) in [6.07, 6.45) is 0. The van der Waals surface area contributed by atoms with Crippen molar-refractivity contribution in [2.75, 3.05) is 0 Å². The van der Waals surface area contributed by atoms with E-state index < -0.39 is 35.7 Å². The Hall–Kier alpha value is -3.68. The molecule has 0 fully saturated rings. The number of fused-ring (bicyclic) bond motifs is 1. The fraction of sp³-hybridized carbons (Fsp3) is 0.111. The van der Waals surface area contributed by atoms with Gasteiger partial charge in [-0.2, -0.15) is 0 Å². The third-order valence-corrected chi connectivity index (χ3v) is 3.88. The van der Waals surface area contributed by atoms with Crippen LogP contribution in [-0.2, 0) is 16.1 Å². The molecule has 1 amide bonds. The fourth-order valence-corrected chi connectivity index (χ4v) is 2.63. The second-order valence-corrected chi connectivity index (χ2v) is 5.62. The van der Waals surface area contributed by atoms with E-state index >= 15 is 0 Å². The first-order valence-corrected chi connectivity index (χ1v) is 7.76. The molecule has 1 heterocycles. The van der Waals surface area contributed by atoms with E-state index in [1.165, 1.54) is 6.07 Å². The van der Waals surface area contributed by atoms with Crippen LogP contribution in [0.15, 0.2) is 64.2 Å². The summed E-state index contributed by atoms with van der Waals surface area (Å²) in [6, 6.07) is 13.3. The van der Waals surface area contributed by atoms with Crippen molar-refractivity contribution in [3.8, 4) is 0 Å². The third kappa shape index (κ3) is 3.39. The molecule has 3 rings (SSSR count). The van der Waals surface area contributed by atoms with Crippen LogP contribution in [0.4, 0.5) is 0 Å². The zero-order valence-corrected chi connectivity index (χ0v) is 13.5. The molecule has 1 aromatic heterocycles. The lowest BCUT2D eigenvalue weighted by Gasteiger charge is -2.15. The molecule has 132 valence electrons. The van der Waals surface area contributed by atoms with E-state index in [1.807, 2.05) is 0 Å². The van der Waals surface area contributed by atoms with E-state index in [1.54, 1.807) is 48.5 Å². The van der Waals surface area contributed by atoms with Crippen LogP contribution < -0.4 is 16.6 Å². The Balaban J connectivity index is 1.88. The van der Waals surface area contributed by atoms with Gasteiger partial charge in [-0.25, -0.2) is 9.59 Å². The molecule has 0 saturated carbocycles. The molecule has 2 aromatic carbocycles. The van der Waals surface area contributed by atoms with Crippen molar-refractivity contribution in [1.29, 1.82) is 0 Å². The van der Waals surface area contributed by atoms with Crippen molar-refractivity contribution in [3.05, 3.63) is 81.0 Å². The summed E-state index contributed by atoms with van der Waals surface area (Å²) in [5.74, 6) is -2.01. The van der Waals surface area contributed by atoms with Gasteiger partial charge in [0.25, 0.3) is 5.56 Å². The molecule has 26 heavy (non-hydrogen) atoms. The van der Waals surface area contributed by atoms with Gasteiger partial charge in [0.1, 0.15) is 6.54 Å². The highest BCUT2D eigenvalue weighted by Gasteiger charge is 2.22. The number of H-pyrrole nitrogens is 1. The lowest BCUT2D eigenvalue weighted by atomic mass is 10.1. The number of rotatable bonds is 5. The van der Waals surface area contributed by atoms with Crippen LogP contribution in [-0.4, -0.2) is 26.5 Å². The molecule has 0 bridgehead atoms. The SMILES string of the molecule is O=C(Cn1c(=O)[nH]c2ccccc2c1=O)N[C@H](C(=O)O)c1ccccc1. The Labute approximate surface area is 146 Å². The molecule has 3 N–H and O–H groups in total. The van der Waals surface area contributed by atoms with E-state index in [4.69, 9.17) is 0 Å². The van der Waals surface area contributed by atoms with Crippen LogP contribution in [0.2, 0.25) is 0 Å². The smallest absolute Gasteiger partial charge is 0.330 e. The molecule has 3 aromatic rings. The van der Waals surface area contributed by atoms with Gasteiger partial charge in [-0.3, -0.25) is 14.2 Å². The van der Waals surface area contributed by atoms with E-state index in [0.29, 0.717) is 11.1 Å².